The van der Waals surface area contributed by atoms with E-state index in [1.165, 1.54) is 0 Å². The van der Waals surface area contributed by atoms with Crippen molar-refractivity contribution in [1.29, 1.82) is 5.26 Å². The Morgan fingerprint density at radius 3 is 2.20 bits per heavy atom. The summed E-state index contributed by atoms with van der Waals surface area (Å²) in [6.07, 6.45) is 1.51. The number of nitriles is 1. The smallest absolute Gasteiger partial charge is 0.0730 e. The molecule has 4 heteroatoms. The molecular formula is C16H12Cl3N. The average molecular weight is 325 g/mol. The molecule has 20 heavy (non-hydrogen) atoms. The number of benzene rings is 2. The highest BCUT2D eigenvalue weighted by Crippen LogP contribution is 2.30. The van der Waals surface area contributed by atoms with Crippen LogP contribution in [0.4, 0.5) is 0 Å². The van der Waals surface area contributed by atoms with Crippen LogP contribution in [0.2, 0.25) is 15.1 Å². The van der Waals surface area contributed by atoms with Crippen molar-refractivity contribution in [1.82, 2.24) is 0 Å². The van der Waals surface area contributed by atoms with Gasteiger partial charge in [0.25, 0.3) is 0 Å². The molecule has 0 aliphatic heterocycles. The van der Waals surface area contributed by atoms with Crippen LogP contribution in [-0.2, 0) is 6.42 Å². The zero-order valence-electron chi connectivity index (χ0n) is 10.6. The second kappa shape index (κ2) is 6.99. The molecule has 0 fully saturated rings. The molecule has 0 amide bonds. The summed E-state index contributed by atoms with van der Waals surface area (Å²) < 4.78 is 0. The predicted octanol–water partition coefficient (Wildman–Crippen LogP) is 5.89. The second-order valence-corrected chi connectivity index (χ2v) is 5.79. The first-order valence-electron chi connectivity index (χ1n) is 6.19. The van der Waals surface area contributed by atoms with Crippen LogP contribution in [0.1, 0.15) is 23.5 Å². The second-order valence-electron chi connectivity index (χ2n) is 4.51. The summed E-state index contributed by atoms with van der Waals surface area (Å²) in [4.78, 5) is 0. The molecule has 0 saturated carbocycles. The van der Waals surface area contributed by atoms with Crippen molar-refractivity contribution in [2.45, 2.75) is 18.8 Å². The minimum atomic E-state index is -0.240. The molecule has 1 nitrogen and oxygen atoms in total. The van der Waals surface area contributed by atoms with Gasteiger partial charge >= 0.3 is 0 Å². The monoisotopic (exact) mass is 323 g/mol. The molecule has 2 aromatic carbocycles. The largest absolute Gasteiger partial charge is 0.198 e. The van der Waals surface area contributed by atoms with Crippen LogP contribution in [-0.4, -0.2) is 0 Å². The first-order valence-corrected chi connectivity index (χ1v) is 7.32. The molecule has 0 unspecified atom stereocenters. The highest BCUT2D eigenvalue weighted by molar-refractivity contribution is 6.35. The lowest BCUT2D eigenvalue weighted by molar-refractivity contribution is 0.746. The molecule has 0 radical (unpaired) electrons. The minimum absolute atomic E-state index is 0.240. The normalized spacial score (nSPS) is 11.9. The van der Waals surface area contributed by atoms with Crippen molar-refractivity contribution in [2.24, 2.45) is 0 Å². The molecule has 0 heterocycles. The third-order valence-electron chi connectivity index (χ3n) is 3.13. The number of nitrogens with zero attached hydrogens (tertiary/aromatic N) is 1. The Morgan fingerprint density at radius 1 is 0.950 bits per heavy atom. The van der Waals surface area contributed by atoms with Crippen LogP contribution in [0.15, 0.2) is 42.5 Å². The Morgan fingerprint density at radius 2 is 1.60 bits per heavy atom. The highest BCUT2D eigenvalue weighted by Gasteiger charge is 2.14. The maximum Gasteiger partial charge on any atom is 0.0730 e. The van der Waals surface area contributed by atoms with Crippen molar-refractivity contribution in [3.63, 3.8) is 0 Å². The molecular weight excluding hydrogens is 313 g/mol. The number of hydrogen-bond acceptors (Lipinski definition) is 1. The molecule has 0 saturated heterocycles. The Labute approximate surface area is 133 Å². The first kappa shape index (κ1) is 15.2. The van der Waals surface area contributed by atoms with E-state index in [0.717, 1.165) is 17.5 Å². The summed E-state index contributed by atoms with van der Waals surface area (Å²) in [5, 5.41) is 11.2. The lowest BCUT2D eigenvalue weighted by atomic mass is 9.93. The molecule has 0 N–H and O–H groups in total. The van der Waals surface area contributed by atoms with Gasteiger partial charge in [-0.15, -0.1) is 0 Å². The Hall–Kier alpha value is -1.20. The van der Waals surface area contributed by atoms with Gasteiger partial charge in [0.05, 0.1) is 12.0 Å². The van der Waals surface area contributed by atoms with Crippen molar-refractivity contribution in [3.05, 3.63) is 68.7 Å². The fraction of sp³-hybridized carbons (Fsp3) is 0.188. The van der Waals surface area contributed by atoms with Crippen molar-refractivity contribution >= 4 is 34.8 Å². The van der Waals surface area contributed by atoms with Crippen molar-refractivity contribution in [2.75, 3.05) is 0 Å². The SMILES string of the molecule is N#C[C@@H](CCc1ccc(Cl)cc1)c1ccc(Cl)cc1Cl. The molecule has 0 aromatic heterocycles. The van der Waals surface area contributed by atoms with Gasteiger partial charge in [0, 0.05) is 15.1 Å². The summed E-state index contributed by atoms with van der Waals surface area (Å²) >= 11 is 17.9. The van der Waals surface area contributed by atoms with Gasteiger partial charge in [0.2, 0.25) is 0 Å². The van der Waals surface area contributed by atoms with Gasteiger partial charge < -0.3 is 0 Å². The predicted molar refractivity (Wildman–Crippen MR) is 84.6 cm³/mol. The van der Waals surface area contributed by atoms with Crippen molar-refractivity contribution in [3.8, 4) is 6.07 Å². The quantitative estimate of drug-likeness (QED) is 0.688. The highest BCUT2D eigenvalue weighted by atomic mass is 35.5. The molecule has 2 rings (SSSR count). The zero-order chi connectivity index (χ0) is 14.5. The summed E-state index contributed by atoms with van der Waals surface area (Å²) in [6.45, 7) is 0. The number of halogens is 3. The number of aryl methyl sites for hydroxylation is 1. The topological polar surface area (TPSA) is 23.8 Å². The van der Waals surface area contributed by atoms with Gasteiger partial charge in [-0.25, -0.2) is 0 Å². The molecule has 0 bridgehead atoms. The van der Waals surface area contributed by atoms with Gasteiger partial charge in [-0.2, -0.15) is 5.26 Å². The van der Waals surface area contributed by atoms with Gasteiger partial charge in [0.15, 0.2) is 0 Å². The van der Waals surface area contributed by atoms with Gasteiger partial charge in [-0.05, 0) is 48.2 Å². The first-order chi connectivity index (χ1) is 9.60. The molecule has 0 spiro atoms. The van der Waals surface area contributed by atoms with E-state index < -0.39 is 0 Å². The summed E-state index contributed by atoms with van der Waals surface area (Å²) in [5.41, 5.74) is 1.98. The Bertz CT molecular complexity index is 629. The molecule has 0 aliphatic carbocycles. The fourth-order valence-corrected chi connectivity index (χ4v) is 2.70. The van der Waals surface area contributed by atoms with Crippen LogP contribution < -0.4 is 0 Å². The fourth-order valence-electron chi connectivity index (χ4n) is 2.04. The Balaban J connectivity index is 2.09. The maximum atomic E-state index is 9.33. The van der Waals surface area contributed by atoms with E-state index >= 15 is 0 Å². The lowest BCUT2D eigenvalue weighted by Crippen LogP contribution is -1.99. The average Bonchev–Trinajstić information content (AvgIpc) is 2.43. The van der Waals surface area contributed by atoms with Crippen LogP contribution >= 0.6 is 34.8 Å². The molecule has 0 aliphatic rings. The third-order valence-corrected chi connectivity index (χ3v) is 3.94. The van der Waals surface area contributed by atoms with Crippen LogP contribution in [0.3, 0.4) is 0 Å². The van der Waals surface area contributed by atoms with E-state index in [1.54, 1.807) is 12.1 Å². The van der Waals surface area contributed by atoms with Gasteiger partial charge in [0.1, 0.15) is 0 Å². The van der Waals surface area contributed by atoms with Gasteiger partial charge in [-0.1, -0.05) is 53.0 Å². The maximum absolute atomic E-state index is 9.33. The van der Waals surface area contributed by atoms with E-state index in [0.29, 0.717) is 21.5 Å². The van der Waals surface area contributed by atoms with E-state index in [1.807, 2.05) is 30.3 Å². The molecule has 2 aromatic rings. The van der Waals surface area contributed by atoms with Crippen LogP contribution in [0, 0.1) is 11.3 Å². The Kier molecular flexibility index (Phi) is 5.31. The van der Waals surface area contributed by atoms with Crippen LogP contribution in [0.5, 0.6) is 0 Å². The van der Waals surface area contributed by atoms with Crippen LogP contribution in [0.25, 0.3) is 0 Å². The van der Waals surface area contributed by atoms with E-state index in [-0.39, 0.29) is 5.92 Å². The molecule has 102 valence electrons. The van der Waals surface area contributed by atoms with Gasteiger partial charge in [-0.3, -0.25) is 0 Å². The molecule has 1 atom stereocenters. The lowest BCUT2D eigenvalue weighted by Gasteiger charge is -2.11. The van der Waals surface area contributed by atoms with E-state index in [2.05, 4.69) is 6.07 Å². The summed E-state index contributed by atoms with van der Waals surface area (Å²) in [7, 11) is 0. The standard InChI is InChI=1S/C16H12Cl3N/c17-13-5-2-11(3-6-13)1-4-12(10-20)15-8-7-14(18)9-16(15)19/h2-3,5-9,12H,1,4H2/t12-/m1/s1. The zero-order valence-corrected chi connectivity index (χ0v) is 12.9. The number of rotatable bonds is 4. The third kappa shape index (κ3) is 3.90. The minimum Gasteiger partial charge on any atom is -0.198 e. The summed E-state index contributed by atoms with van der Waals surface area (Å²) in [5.74, 6) is -0.240. The number of hydrogen-bond donors (Lipinski definition) is 0. The summed E-state index contributed by atoms with van der Waals surface area (Å²) in [6, 6.07) is 15.2. The van der Waals surface area contributed by atoms with E-state index in [4.69, 9.17) is 34.8 Å². The van der Waals surface area contributed by atoms with Crippen molar-refractivity contribution < 1.29 is 0 Å². The van der Waals surface area contributed by atoms with E-state index in [9.17, 15) is 5.26 Å².